The van der Waals surface area contributed by atoms with Crippen LogP contribution in [-0.2, 0) is 0 Å². The molecule has 0 saturated heterocycles. The van der Waals surface area contributed by atoms with Gasteiger partial charge in [0.1, 0.15) is 0 Å². The van der Waals surface area contributed by atoms with E-state index in [2.05, 4.69) is 0 Å². The van der Waals surface area contributed by atoms with Crippen LogP contribution in [-0.4, -0.2) is 22.2 Å². The van der Waals surface area contributed by atoms with Crippen LogP contribution in [0.2, 0.25) is 0 Å². The van der Waals surface area contributed by atoms with E-state index in [-0.39, 0.29) is 22.6 Å². The number of hydrogen-bond acceptors (Lipinski definition) is 0. The molecule has 0 aliphatic heterocycles. The van der Waals surface area contributed by atoms with Crippen molar-refractivity contribution < 1.29 is 35.1 Å². The molecule has 0 nitrogen and oxygen atoms in total. The minimum absolute atomic E-state index is 0.0213. The van der Waals surface area contributed by atoms with Crippen LogP contribution >= 0.6 is 22.6 Å². The zero-order valence-electron chi connectivity index (χ0n) is 5.48. The fourth-order valence-corrected chi connectivity index (χ4v) is 0.702. The molecular weight excluding hydrogens is 327 g/mol. The average molecular weight is 328 g/mol. The maximum Gasteiger partial charge on any atom is 0.454 e. The summed E-state index contributed by atoms with van der Waals surface area (Å²) in [5.41, 5.74) is 0. The van der Waals surface area contributed by atoms with Crippen molar-refractivity contribution in [3.63, 3.8) is 0 Å². The molecular formula is C4HF8I. The van der Waals surface area contributed by atoms with E-state index in [1.54, 1.807) is 0 Å². The normalized spacial score (nSPS) is 17.3. The molecule has 0 bridgehead atoms. The molecule has 0 spiro atoms. The molecule has 0 fully saturated rings. The Morgan fingerprint density at radius 3 is 1.15 bits per heavy atom. The minimum Gasteiger partial charge on any atom is -0.195 e. The quantitative estimate of drug-likeness (QED) is 0.392. The maximum absolute atomic E-state index is 12.0. The first-order valence-electron chi connectivity index (χ1n) is 2.56. The van der Waals surface area contributed by atoms with Crippen LogP contribution in [0, 0.1) is 0 Å². The van der Waals surface area contributed by atoms with Gasteiger partial charge < -0.3 is 0 Å². The Balaban J connectivity index is 4.86. The van der Waals surface area contributed by atoms with Gasteiger partial charge in [0.05, 0.1) is 0 Å². The average Bonchev–Trinajstić information content (AvgIpc) is 1.81. The fraction of sp³-hybridized carbons (Fsp3) is 1.00. The van der Waals surface area contributed by atoms with Gasteiger partial charge >= 0.3 is 18.3 Å². The minimum atomic E-state index is -6.19. The lowest BCUT2D eigenvalue weighted by molar-refractivity contribution is -0.305. The molecule has 0 aromatic heterocycles. The zero-order valence-corrected chi connectivity index (χ0v) is 7.64. The highest BCUT2D eigenvalue weighted by Crippen LogP contribution is 2.47. The molecule has 0 amide bonds. The lowest BCUT2D eigenvalue weighted by Crippen LogP contribution is -2.50. The third kappa shape index (κ3) is 2.81. The highest BCUT2D eigenvalue weighted by atomic mass is 127. The third-order valence-electron chi connectivity index (χ3n) is 0.984. The second-order valence-electron chi connectivity index (χ2n) is 2.02. The van der Waals surface area contributed by atoms with Gasteiger partial charge in [0.2, 0.25) is 0 Å². The summed E-state index contributed by atoms with van der Waals surface area (Å²) in [5, 5.41) is 0. The van der Waals surface area contributed by atoms with Crippen molar-refractivity contribution in [2.24, 2.45) is 0 Å². The van der Waals surface area contributed by atoms with Gasteiger partial charge in [-0.2, -0.15) is 35.1 Å². The van der Waals surface area contributed by atoms with Crippen molar-refractivity contribution in [2.45, 2.75) is 22.2 Å². The summed E-state index contributed by atoms with van der Waals surface area (Å²) in [6, 6.07) is 0. The molecule has 0 aromatic rings. The highest BCUT2D eigenvalue weighted by Gasteiger charge is 2.68. The van der Waals surface area contributed by atoms with Crippen LogP contribution in [0.3, 0.4) is 0 Å². The van der Waals surface area contributed by atoms with Gasteiger partial charge in [-0.3, -0.25) is 0 Å². The molecule has 0 aliphatic carbocycles. The van der Waals surface area contributed by atoms with Crippen LogP contribution in [0.5, 0.6) is 0 Å². The van der Waals surface area contributed by atoms with Gasteiger partial charge in [0, 0.05) is 0 Å². The van der Waals surface area contributed by atoms with Crippen LogP contribution < -0.4 is 0 Å². The Labute approximate surface area is 80.4 Å². The molecule has 13 heavy (non-hydrogen) atoms. The highest BCUT2D eigenvalue weighted by molar-refractivity contribution is 14.1. The fourth-order valence-electron chi connectivity index (χ4n) is 0.349. The van der Waals surface area contributed by atoms with E-state index in [4.69, 9.17) is 0 Å². The largest absolute Gasteiger partial charge is 0.454 e. The molecule has 9 heteroatoms. The number of rotatable bonds is 1. The molecule has 1 unspecified atom stereocenters. The summed E-state index contributed by atoms with van der Waals surface area (Å²) in [5.74, 6) is -5.76. The van der Waals surface area contributed by atoms with E-state index >= 15 is 0 Å². The van der Waals surface area contributed by atoms with E-state index in [1.807, 2.05) is 0 Å². The van der Waals surface area contributed by atoms with Crippen molar-refractivity contribution in [1.82, 2.24) is 0 Å². The van der Waals surface area contributed by atoms with E-state index in [0.717, 1.165) is 0 Å². The van der Waals surface area contributed by atoms with Gasteiger partial charge in [0.15, 0.2) is 3.92 Å². The lowest BCUT2D eigenvalue weighted by atomic mass is 10.2. The second-order valence-corrected chi connectivity index (χ2v) is 3.27. The Hall–Kier alpha value is 0.170. The molecule has 0 N–H and O–H groups in total. The molecule has 0 aromatic carbocycles. The predicted octanol–water partition coefficient (Wildman–Crippen LogP) is 3.55. The molecule has 80 valence electrons. The van der Waals surface area contributed by atoms with Gasteiger partial charge in [-0.1, -0.05) is 22.6 Å². The summed E-state index contributed by atoms with van der Waals surface area (Å²) in [7, 11) is 0. The molecule has 0 heterocycles. The monoisotopic (exact) mass is 328 g/mol. The van der Waals surface area contributed by atoms with Gasteiger partial charge in [-0.05, 0) is 0 Å². The van der Waals surface area contributed by atoms with E-state index in [0.29, 0.717) is 0 Å². The van der Waals surface area contributed by atoms with Gasteiger partial charge in [-0.15, -0.1) is 0 Å². The van der Waals surface area contributed by atoms with E-state index < -0.39 is 22.2 Å². The standard InChI is InChI=1S/C4HF8I/c5-2(6,4(10,11)12)1(13)3(7,8)9/h1H. The van der Waals surface area contributed by atoms with Crippen LogP contribution in [0.15, 0.2) is 0 Å². The molecule has 0 rings (SSSR count). The second kappa shape index (κ2) is 3.39. The zero-order chi connectivity index (χ0) is 11.1. The smallest absolute Gasteiger partial charge is 0.195 e. The first-order chi connectivity index (χ1) is 5.40. The number of alkyl halides is 9. The van der Waals surface area contributed by atoms with Gasteiger partial charge in [-0.25, -0.2) is 0 Å². The maximum atomic E-state index is 12.0. The predicted molar refractivity (Wildman–Crippen MR) is 34.9 cm³/mol. The lowest BCUT2D eigenvalue weighted by Gasteiger charge is -2.25. The third-order valence-corrected chi connectivity index (χ3v) is 2.47. The van der Waals surface area contributed by atoms with Crippen molar-refractivity contribution in [2.75, 3.05) is 0 Å². The summed E-state index contributed by atoms with van der Waals surface area (Å²) in [4.78, 5) is 0. The Morgan fingerprint density at radius 2 is 1.08 bits per heavy atom. The molecule has 0 saturated carbocycles. The van der Waals surface area contributed by atoms with Crippen molar-refractivity contribution >= 4 is 22.6 Å². The van der Waals surface area contributed by atoms with Gasteiger partial charge in [0.25, 0.3) is 0 Å². The summed E-state index contributed by atoms with van der Waals surface area (Å²) < 4.78 is 88.7. The summed E-state index contributed by atoms with van der Waals surface area (Å²) >= 11 is 0.0213. The van der Waals surface area contributed by atoms with E-state index in [1.165, 1.54) is 0 Å². The molecule has 1 atom stereocenters. The van der Waals surface area contributed by atoms with Crippen LogP contribution in [0.1, 0.15) is 0 Å². The Bertz CT molecular complexity index is 178. The SMILES string of the molecule is FC(F)(F)C(I)C(F)(F)C(F)(F)F. The summed E-state index contributed by atoms with van der Waals surface area (Å²) in [6.45, 7) is 0. The molecule has 0 radical (unpaired) electrons. The number of halogens is 9. The Morgan fingerprint density at radius 1 is 0.769 bits per heavy atom. The topological polar surface area (TPSA) is 0 Å². The summed E-state index contributed by atoms with van der Waals surface area (Å²) in [6.07, 6.45) is -11.8. The van der Waals surface area contributed by atoms with Crippen molar-refractivity contribution in [3.05, 3.63) is 0 Å². The van der Waals surface area contributed by atoms with Crippen molar-refractivity contribution in [3.8, 4) is 0 Å². The van der Waals surface area contributed by atoms with E-state index in [9.17, 15) is 35.1 Å². The first-order valence-corrected chi connectivity index (χ1v) is 3.80. The molecule has 0 aliphatic rings. The van der Waals surface area contributed by atoms with Crippen molar-refractivity contribution in [1.29, 1.82) is 0 Å². The Kier molecular flexibility index (Phi) is 3.43. The van der Waals surface area contributed by atoms with Crippen LogP contribution in [0.4, 0.5) is 35.1 Å². The number of hydrogen-bond donors (Lipinski definition) is 0. The van der Waals surface area contributed by atoms with Crippen LogP contribution in [0.25, 0.3) is 0 Å². The first kappa shape index (κ1) is 13.2.